The molecule has 0 saturated heterocycles. The zero-order valence-corrected chi connectivity index (χ0v) is 9.85. The predicted molar refractivity (Wildman–Crippen MR) is 58.9 cm³/mol. The quantitative estimate of drug-likeness (QED) is 0.600. The number of nitrogens with zero attached hydrogens (tertiary/aromatic N) is 2. The maximum Gasteiger partial charge on any atom is 0.328 e. The van der Waals surface area contributed by atoms with E-state index < -0.39 is 17.9 Å². The molecule has 0 aliphatic carbocycles. The molecule has 1 aromatic rings. The lowest BCUT2D eigenvalue weighted by atomic mass is 10.0. The Morgan fingerprint density at radius 3 is 2.53 bits per heavy atom. The Bertz CT molecular complexity index is 415. The number of aromatic amines is 1. The van der Waals surface area contributed by atoms with Crippen molar-refractivity contribution in [3.05, 3.63) is 5.82 Å². The van der Waals surface area contributed by atoms with Gasteiger partial charge in [0.1, 0.15) is 6.04 Å². The van der Waals surface area contributed by atoms with E-state index in [9.17, 15) is 9.59 Å². The molecular formula is C9H15N5O3. The number of H-pyrrole nitrogens is 1. The van der Waals surface area contributed by atoms with Crippen molar-refractivity contribution in [2.75, 3.05) is 12.8 Å². The monoisotopic (exact) mass is 241 g/mol. The highest BCUT2D eigenvalue weighted by Crippen LogP contribution is 2.04. The molecule has 0 saturated carbocycles. The first kappa shape index (κ1) is 12.9. The van der Waals surface area contributed by atoms with Crippen molar-refractivity contribution in [3.63, 3.8) is 0 Å². The first-order chi connectivity index (χ1) is 7.95. The topological polar surface area (TPSA) is 123 Å². The van der Waals surface area contributed by atoms with Crippen LogP contribution in [0.5, 0.6) is 0 Å². The molecule has 1 heterocycles. The maximum atomic E-state index is 11.7. The Kier molecular flexibility index (Phi) is 4.02. The molecule has 0 aliphatic heterocycles. The van der Waals surface area contributed by atoms with Gasteiger partial charge in [-0.3, -0.25) is 9.89 Å². The van der Waals surface area contributed by atoms with E-state index in [2.05, 4.69) is 25.2 Å². The summed E-state index contributed by atoms with van der Waals surface area (Å²) in [4.78, 5) is 26.8. The van der Waals surface area contributed by atoms with Crippen molar-refractivity contribution in [2.45, 2.75) is 19.9 Å². The van der Waals surface area contributed by atoms with E-state index in [0.29, 0.717) is 0 Å². The molecule has 0 fully saturated rings. The molecule has 94 valence electrons. The summed E-state index contributed by atoms with van der Waals surface area (Å²) < 4.78 is 4.59. The number of carbonyl (C=O) groups is 2. The zero-order chi connectivity index (χ0) is 13.0. The second-order valence-electron chi connectivity index (χ2n) is 3.76. The molecule has 0 aromatic carbocycles. The Morgan fingerprint density at radius 2 is 2.12 bits per heavy atom. The van der Waals surface area contributed by atoms with Crippen LogP contribution in [0.2, 0.25) is 0 Å². The molecule has 17 heavy (non-hydrogen) atoms. The van der Waals surface area contributed by atoms with Gasteiger partial charge in [0.05, 0.1) is 7.11 Å². The summed E-state index contributed by atoms with van der Waals surface area (Å²) in [5.74, 6) is -1.25. The van der Waals surface area contributed by atoms with Crippen molar-refractivity contribution in [1.82, 2.24) is 20.5 Å². The van der Waals surface area contributed by atoms with Crippen LogP contribution in [0.1, 0.15) is 24.5 Å². The molecule has 8 heteroatoms. The van der Waals surface area contributed by atoms with Crippen molar-refractivity contribution < 1.29 is 14.3 Å². The largest absolute Gasteiger partial charge is 0.467 e. The van der Waals surface area contributed by atoms with Crippen LogP contribution in [-0.2, 0) is 9.53 Å². The molecule has 1 atom stereocenters. The van der Waals surface area contributed by atoms with E-state index in [1.807, 2.05) is 0 Å². The van der Waals surface area contributed by atoms with Gasteiger partial charge in [-0.05, 0) is 5.92 Å². The van der Waals surface area contributed by atoms with Crippen LogP contribution in [0.15, 0.2) is 0 Å². The normalized spacial score (nSPS) is 12.2. The summed E-state index contributed by atoms with van der Waals surface area (Å²) in [6.45, 7) is 3.58. The lowest BCUT2D eigenvalue weighted by Gasteiger charge is -2.18. The number of hydrogen-bond donors (Lipinski definition) is 3. The van der Waals surface area contributed by atoms with Crippen LogP contribution in [0.3, 0.4) is 0 Å². The lowest BCUT2D eigenvalue weighted by molar-refractivity contribution is -0.144. The van der Waals surface area contributed by atoms with E-state index in [0.717, 1.165) is 0 Å². The minimum Gasteiger partial charge on any atom is -0.467 e. The third-order valence-corrected chi connectivity index (χ3v) is 2.13. The van der Waals surface area contributed by atoms with Crippen LogP contribution in [0.4, 0.5) is 5.95 Å². The highest BCUT2D eigenvalue weighted by atomic mass is 16.5. The standard InChI is InChI=1S/C9H15N5O3/c1-4(2)5(8(16)17-3)11-7(15)6-12-9(10)14-13-6/h4-5H,1-3H3,(H,11,15)(H3,10,12,13,14)/t5-/m0/s1. The van der Waals surface area contributed by atoms with Gasteiger partial charge in [-0.1, -0.05) is 13.8 Å². The number of nitrogens with two attached hydrogens (primary N) is 1. The average molecular weight is 241 g/mol. The van der Waals surface area contributed by atoms with Gasteiger partial charge in [0.15, 0.2) is 0 Å². The molecule has 0 radical (unpaired) electrons. The number of carbonyl (C=O) groups excluding carboxylic acids is 2. The number of amides is 1. The van der Waals surface area contributed by atoms with Crippen LogP contribution in [0.25, 0.3) is 0 Å². The van der Waals surface area contributed by atoms with Gasteiger partial charge in [-0.2, -0.15) is 4.98 Å². The van der Waals surface area contributed by atoms with E-state index in [1.54, 1.807) is 13.8 Å². The molecule has 1 rings (SSSR count). The summed E-state index contributed by atoms with van der Waals surface area (Å²) in [6.07, 6.45) is 0. The number of rotatable bonds is 4. The number of methoxy groups -OCH3 is 1. The van der Waals surface area contributed by atoms with Gasteiger partial charge in [0.2, 0.25) is 11.8 Å². The Balaban J connectivity index is 2.74. The minimum atomic E-state index is -0.737. The van der Waals surface area contributed by atoms with Gasteiger partial charge in [0.25, 0.3) is 5.91 Å². The number of aromatic nitrogens is 3. The van der Waals surface area contributed by atoms with Gasteiger partial charge < -0.3 is 15.8 Å². The number of nitrogens with one attached hydrogen (secondary N) is 2. The summed E-state index contributed by atoms with van der Waals surface area (Å²) in [6, 6.07) is -0.737. The van der Waals surface area contributed by atoms with Gasteiger partial charge in [-0.15, -0.1) is 5.10 Å². The van der Waals surface area contributed by atoms with Crippen molar-refractivity contribution in [1.29, 1.82) is 0 Å². The maximum absolute atomic E-state index is 11.7. The summed E-state index contributed by atoms with van der Waals surface area (Å²) >= 11 is 0. The first-order valence-corrected chi connectivity index (χ1v) is 5.02. The molecule has 4 N–H and O–H groups in total. The lowest BCUT2D eigenvalue weighted by Crippen LogP contribution is -2.45. The Hall–Kier alpha value is -2.12. The number of anilines is 1. The predicted octanol–water partition coefficient (Wildman–Crippen LogP) is -0.686. The Morgan fingerprint density at radius 1 is 1.47 bits per heavy atom. The van der Waals surface area contributed by atoms with E-state index in [1.165, 1.54) is 7.11 Å². The number of nitrogen functional groups attached to an aromatic ring is 1. The molecular weight excluding hydrogens is 226 g/mol. The second-order valence-corrected chi connectivity index (χ2v) is 3.76. The van der Waals surface area contributed by atoms with E-state index in [-0.39, 0.29) is 17.7 Å². The third kappa shape index (κ3) is 3.16. The van der Waals surface area contributed by atoms with Crippen molar-refractivity contribution in [2.24, 2.45) is 5.92 Å². The molecule has 0 bridgehead atoms. The van der Waals surface area contributed by atoms with Gasteiger partial charge in [-0.25, -0.2) is 4.79 Å². The fraction of sp³-hybridized carbons (Fsp3) is 0.556. The minimum absolute atomic E-state index is 0.0330. The number of ether oxygens (including phenoxy) is 1. The number of esters is 1. The van der Waals surface area contributed by atoms with Crippen LogP contribution >= 0.6 is 0 Å². The van der Waals surface area contributed by atoms with Crippen molar-refractivity contribution >= 4 is 17.8 Å². The van der Waals surface area contributed by atoms with Crippen molar-refractivity contribution in [3.8, 4) is 0 Å². The Labute approximate surface area is 97.9 Å². The van der Waals surface area contributed by atoms with Crippen LogP contribution < -0.4 is 11.1 Å². The van der Waals surface area contributed by atoms with E-state index >= 15 is 0 Å². The summed E-state index contributed by atoms with van der Waals surface area (Å²) in [7, 11) is 1.26. The molecule has 8 nitrogen and oxygen atoms in total. The highest BCUT2D eigenvalue weighted by molar-refractivity contribution is 5.93. The smallest absolute Gasteiger partial charge is 0.328 e. The zero-order valence-electron chi connectivity index (χ0n) is 9.85. The first-order valence-electron chi connectivity index (χ1n) is 5.02. The SMILES string of the molecule is COC(=O)[C@@H](NC(=O)c1nc(N)n[nH]1)C(C)C. The number of hydrogen-bond acceptors (Lipinski definition) is 6. The third-order valence-electron chi connectivity index (χ3n) is 2.13. The fourth-order valence-electron chi connectivity index (χ4n) is 1.21. The molecule has 1 aromatic heterocycles. The molecule has 1 amide bonds. The summed E-state index contributed by atoms with van der Waals surface area (Å²) in [5, 5.41) is 8.37. The average Bonchev–Trinajstić information content (AvgIpc) is 2.71. The second kappa shape index (κ2) is 5.28. The summed E-state index contributed by atoms with van der Waals surface area (Å²) in [5.41, 5.74) is 5.27. The molecule has 0 unspecified atom stereocenters. The van der Waals surface area contributed by atoms with Gasteiger partial charge >= 0.3 is 5.97 Å². The highest BCUT2D eigenvalue weighted by Gasteiger charge is 2.26. The van der Waals surface area contributed by atoms with E-state index in [4.69, 9.17) is 5.73 Å². The molecule has 0 spiro atoms. The molecule has 0 aliphatic rings. The van der Waals surface area contributed by atoms with Crippen LogP contribution in [-0.4, -0.2) is 40.2 Å². The van der Waals surface area contributed by atoms with Gasteiger partial charge in [0, 0.05) is 0 Å². The van der Waals surface area contributed by atoms with Crippen LogP contribution in [0, 0.1) is 5.92 Å². The fourth-order valence-corrected chi connectivity index (χ4v) is 1.21.